The monoisotopic (exact) mass is 493 g/mol. The molecule has 0 aliphatic heterocycles. The van der Waals surface area contributed by atoms with Crippen LogP contribution in [0.2, 0.25) is 0 Å². The van der Waals surface area contributed by atoms with Gasteiger partial charge in [0.05, 0.1) is 13.2 Å². The van der Waals surface area contributed by atoms with Gasteiger partial charge in [0, 0.05) is 42.0 Å². The normalized spacial score (nSPS) is 30.5. The van der Waals surface area contributed by atoms with Crippen LogP contribution in [0.5, 0.6) is 5.75 Å². The molecule has 3 N–H and O–H groups in total. The number of aliphatic hydroxyl groups is 1. The lowest BCUT2D eigenvalue weighted by Crippen LogP contribution is -2.58. The second-order valence-corrected chi connectivity index (χ2v) is 10.9. The van der Waals surface area contributed by atoms with Gasteiger partial charge in [0.15, 0.2) is 0 Å². The number of methoxy groups -OCH3 is 1. The number of hydrogen-bond acceptors (Lipinski definition) is 5. The SMILES string of the molecule is COc1ccccc1CNC(=O)C(C)C1CCC2(C)CCC(NC(=O)c3ccncc3)C(C)C2C1O. The molecule has 2 aromatic rings. The summed E-state index contributed by atoms with van der Waals surface area (Å²) in [5.41, 5.74) is 1.51. The molecule has 36 heavy (non-hydrogen) atoms. The molecule has 2 aliphatic rings. The molecule has 2 amide bonds. The molecule has 0 saturated heterocycles. The maximum absolute atomic E-state index is 13.1. The lowest BCUT2D eigenvalue weighted by Gasteiger charge is -2.56. The smallest absolute Gasteiger partial charge is 0.251 e. The highest BCUT2D eigenvalue weighted by Crippen LogP contribution is 2.55. The number of para-hydroxylation sites is 1. The van der Waals surface area contributed by atoms with Gasteiger partial charge in [0.25, 0.3) is 5.91 Å². The Morgan fingerprint density at radius 1 is 1.17 bits per heavy atom. The number of amides is 2. The Bertz CT molecular complexity index is 1060. The number of pyridine rings is 1. The number of carbonyl (C=O) groups is 2. The van der Waals surface area contributed by atoms with Gasteiger partial charge in [-0.1, -0.05) is 39.0 Å². The van der Waals surface area contributed by atoms with Crippen molar-refractivity contribution in [1.82, 2.24) is 15.6 Å². The van der Waals surface area contributed by atoms with Crippen molar-refractivity contribution in [2.75, 3.05) is 7.11 Å². The number of fused-ring (bicyclic) bond motifs is 1. The summed E-state index contributed by atoms with van der Waals surface area (Å²) in [7, 11) is 1.62. The van der Waals surface area contributed by atoms with Crippen LogP contribution in [-0.4, -0.2) is 41.2 Å². The molecule has 2 saturated carbocycles. The Kier molecular flexibility index (Phi) is 7.98. The first kappa shape index (κ1) is 26.1. The molecule has 0 bridgehead atoms. The number of aromatic nitrogens is 1. The molecule has 2 fully saturated rings. The summed E-state index contributed by atoms with van der Waals surface area (Å²) in [4.78, 5) is 29.9. The minimum atomic E-state index is -0.605. The molecule has 2 aliphatic carbocycles. The van der Waals surface area contributed by atoms with Crippen LogP contribution in [0.3, 0.4) is 0 Å². The van der Waals surface area contributed by atoms with Gasteiger partial charge in [-0.15, -0.1) is 0 Å². The lowest BCUT2D eigenvalue weighted by molar-refractivity contribution is -0.142. The van der Waals surface area contributed by atoms with Crippen molar-refractivity contribution < 1.29 is 19.4 Å². The Labute approximate surface area is 214 Å². The molecule has 0 radical (unpaired) electrons. The average molecular weight is 494 g/mol. The quantitative estimate of drug-likeness (QED) is 0.542. The summed E-state index contributed by atoms with van der Waals surface area (Å²) >= 11 is 0. The van der Waals surface area contributed by atoms with Crippen molar-refractivity contribution in [3.8, 4) is 5.75 Å². The number of rotatable bonds is 7. The van der Waals surface area contributed by atoms with E-state index in [4.69, 9.17) is 4.74 Å². The van der Waals surface area contributed by atoms with Crippen molar-refractivity contribution in [3.63, 3.8) is 0 Å². The summed E-state index contributed by atoms with van der Waals surface area (Å²) in [6, 6.07) is 11.0. The molecule has 4 rings (SSSR count). The molecule has 0 spiro atoms. The first-order chi connectivity index (χ1) is 17.2. The van der Waals surface area contributed by atoms with Gasteiger partial charge in [-0.3, -0.25) is 14.6 Å². The minimum absolute atomic E-state index is 0.000822. The van der Waals surface area contributed by atoms with E-state index < -0.39 is 6.10 Å². The highest BCUT2D eigenvalue weighted by molar-refractivity contribution is 5.94. The third kappa shape index (κ3) is 5.26. The Balaban J connectivity index is 1.42. The first-order valence-electron chi connectivity index (χ1n) is 13.0. The van der Waals surface area contributed by atoms with E-state index in [0.717, 1.165) is 37.0 Å². The molecule has 7 unspecified atom stereocenters. The number of aliphatic hydroxyl groups excluding tert-OH is 1. The number of carbonyl (C=O) groups excluding carboxylic acids is 2. The van der Waals surface area contributed by atoms with Crippen LogP contribution in [0.25, 0.3) is 0 Å². The second-order valence-electron chi connectivity index (χ2n) is 10.9. The molecule has 1 aromatic heterocycles. The number of benzene rings is 1. The van der Waals surface area contributed by atoms with E-state index >= 15 is 0 Å². The molecule has 7 nitrogen and oxygen atoms in total. The van der Waals surface area contributed by atoms with E-state index in [1.807, 2.05) is 31.2 Å². The summed E-state index contributed by atoms with van der Waals surface area (Å²) < 4.78 is 5.39. The predicted octanol–water partition coefficient (Wildman–Crippen LogP) is 3.96. The van der Waals surface area contributed by atoms with Crippen LogP contribution >= 0.6 is 0 Å². The van der Waals surface area contributed by atoms with Crippen LogP contribution in [-0.2, 0) is 11.3 Å². The zero-order chi connectivity index (χ0) is 25.9. The largest absolute Gasteiger partial charge is 0.496 e. The summed E-state index contributed by atoms with van der Waals surface area (Å²) in [6.07, 6.45) is 6.25. The molecular weight excluding hydrogens is 454 g/mol. The van der Waals surface area contributed by atoms with Crippen molar-refractivity contribution in [3.05, 3.63) is 59.9 Å². The standard InChI is InChI=1S/C29H39N3O4/c1-18(27(34)31-17-21-7-5-6-8-24(21)36-4)22-9-13-29(3)14-10-23(19(2)25(29)26(22)33)32-28(35)20-11-15-30-16-12-20/h5-8,11-12,15-16,18-19,22-23,25-26,33H,9-10,13-14,17H2,1-4H3,(H,31,34)(H,32,35). The lowest BCUT2D eigenvalue weighted by atomic mass is 9.51. The minimum Gasteiger partial charge on any atom is -0.496 e. The van der Waals surface area contributed by atoms with Gasteiger partial charge >= 0.3 is 0 Å². The third-order valence-corrected chi connectivity index (χ3v) is 8.85. The van der Waals surface area contributed by atoms with E-state index in [1.54, 1.807) is 31.6 Å². The number of ether oxygens (including phenoxy) is 1. The number of nitrogens with zero attached hydrogens (tertiary/aromatic N) is 1. The molecular formula is C29H39N3O4. The molecule has 1 aromatic carbocycles. The molecule has 7 atom stereocenters. The van der Waals surface area contributed by atoms with E-state index in [0.29, 0.717) is 12.1 Å². The molecule has 194 valence electrons. The maximum atomic E-state index is 13.1. The van der Waals surface area contributed by atoms with Crippen molar-refractivity contribution in [1.29, 1.82) is 0 Å². The van der Waals surface area contributed by atoms with Crippen molar-refractivity contribution >= 4 is 11.8 Å². The van der Waals surface area contributed by atoms with E-state index in [9.17, 15) is 14.7 Å². The summed E-state index contributed by atoms with van der Waals surface area (Å²) in [5, 5.41) is 17.9. The highest BCUT2D eigenvalue weighted by atomic mass is 16.5. The van der Waals surface area contributed by atoms with Gasteiger partial charge in [-0.25, -0.2) is 0 Å². The Morgan fingerprint density at radius 2 is 1.86 bits per heavy atom. The maximum Gasteiger partial charge on any atom is 0.251 e. The van der Waals surface area contributed by atoms with Crippen molar-refractivity contribution in [2.45, 2.75) is 65.1 Å². The van der Waals surface area contributed by atoms with Crippen molar-refractivity contribution in [2.24, 2.45) is 29.1 Å². The first-order valence-corrected chi connectivity index (χ1v) is 13.0. The Hall–Kier alpha value is -2.93. The van der Waals surface area contributed by atoms with E-state index in [2.05, 4.69) is 29.5 Å². The van der Waals surface area contributed by atoms with Crippen LogP contribution in [0.4, 0.5) is 0 Å². The average Bonchev–Trinajstić information content (AvgIpc) is 2.89. The fourth-order valence-electron chi connectivity index (χ4n) is 6.64. The Morgan fingerprint density at radius 3 is 2.58 bits per heavy atom. The van der Waals surface area contributed by atoms with E-state index in [1.165, 1.54) is 0 Å². The summed E-state index contributed by atoms with van der Waals surface area (Å²) in [6.45, 7) is 6.71. The third-order valence-electron chi connectivity index (χ3n) is 8.85. The van der Waals surface area contributed by atoms with E-state index in [-0.39, 0.29) is 46.9 Å². The van der Waals surface area contributed by atoms with Gasteiger partial charge in [0.1, 0.15) is 5.75 Å². The second kappa shape index (κ2) is 11.0. The topological polar surface area (TPSA) is 101 Å². The number of hydrogen-bond donors (Lipinski definition) is 3. The van der Waals surface area contributed by atoms with Gasteiger partial charge in [0.2, 0.25) is 5.91 Å². The van der Waals surface area contributed by atoms with Crippen LogP contribution in [0.1, 0.15) is 62.4 Å². The zero-order valence-electron chi connectivity index (χ0n) is 21.7. The molecule has 7 heteroatoms. The molecule has 1 heterocycles. The number of nitrogens with one attached hydrogen (secondary N) is 2. The summed E-state index contributed by atoms with van der Waals surface area (Å²) in [5.74, 6) is 0.239. The van der Waals surface area contributed by atoms with Crippen LogP contribution in [0.15, 0.2) is 48.8 Å². The van der Waals surface area contributed by atoms with Gasteiger partial charge in [-0.05, 0) is 67.1 Å². The fraction of sp³-hybridized carbons (Fsp3) is 0.552. The fourth-order valence-corrected chi connectivity index (χ4v) is 6.64. The zero-order valence-corrected chi connectivity index (χ0v) is 21.7. The van der Waals surface area contributed by atoms with Gasteiger partial charge in [-0.2, -0.15) is 0 Å². The predicted molar refractivity (Wildman–Crippen MR) is 138 cm³/mol. The highest BCUT2D eigenvalue weighted by Gasteiger charge is 2.53. The van der Waals surface area contributed by atoms with Gasteiger partial charge < -0.3 is 20.5 Å². The van der Waals surface area contributed by atoms with Crippen LogP contribution in [0, 0.1) is 29.1 Å². The van der Waals surface area contributed by atoms with Crippen LogP contribution < -0.4 is 15.4 Å².